The Hall–Kier alpha value is -2.32. The Balaban J connectivity index is 1.55. The summed E-state index contributed by atoms with van der Waals surface area (Å²) >= 11 is 0. The topological polar surface area (TPSA) is 64.7 Å². The van der Waals surface area contributed by atoms with Crippen LogP contribution in [0, 0.1) is 0 Å². The molecule has 1 aliphatic rings. The van der Waals surface area contributed by atoms with Gasteiger partial charge in [-0.15, -0.1) is 0 Å². The SMILES string of the molecule is Cn1ccc(C(=O)NCCCn2nc(C(F)(F)F)cc2C2CC2)n1. The molecule has 6 nitrogen and oxygen atoms in total. The monoisotopic (exact) mass is 341 g/mol. The van der Waals surface area contributed by atoms with Gasteiger partial charge in [-0.1, -0.05) is 0 Å². The van der Waals surface area contributed by atoms with Crippen LogP contribution in [-0.4, -0.2) is 32.0 Å². The molecule has 0 saturated heterocycles. The smallest absolute Gasteiger partial charge is 0.351 e. The van der Waals surface area contributed by atoms with E-state index in [9.17, 15) is 18.0 Å². The van der Waals surface area contributed by atoms with E-state index < -0.39 is 11.9 Å². The van der Waals surface area contributed by atoms with Crippen LogP contribution in [0.5, 0.6) is 0 Å². The largest absolute Gasteiger partial charge is 0.435 e. The summed E-state index contributed by atoms with van der Waals surface area (Å²) in [4.78, 5) is 11.8. The summed E-state index contributed by atoms with van der Waals surface area (Å²) in [6.07, 6.45) is -0.461. The summed E-state index contributed by atoms with van der Waals surface area (Å²) in [5.74, 6) is -0.119. The fourth-order valence-corrected chi connectivity index (χ4v) is 2.51. The Labute approximate surface area is 136 Å². The third kappa shape index (κ3) is 3.77. The van der Waals surface area contributed by atoms with Crippen molar-refractivity contribution in [3.63, 3.8) is 0 Å². The van der Waals surface area contributed by atoms with Gasteiger partial charge in [-0.2, -0.15) is 23.4 Å². The van der Waals surface area contributed by atoms with E-state index in [1.807, 2.05) is 0 Å². The zero-order valence-electron chi connectivity index (χ0n) is 13.2. The van der Waals surface area contributed by atoms with Crippen molar-refractivity contribution in [2.75, 3.05) is 6.54 Å². The number of rotatable bonds is 6. The van der Waals surface area contributed by atoms with Crippen LogP contribution in [0.4, 0.5) is 13.2 Å². The lowest BCUT2D eigenvalue weighted by molar-refractivity contribution is -0.141. The molecule has 1 fully saturated rings. The summed E-state index contributed by atoms with van der Waals surface area (Å²) in [6, 6.07) is 2.74. The molecular formula is C15H18F3N5O. The van der Waals surface area contributed by atoms with Gasteiger partial charge in [0.05, 0.1) is 0 Å². The molecule has 1 N–H and O–H groups in total. The molecule has 1 saturated carbocycles. The maximum atomic E-state index is 12.8. The van der Waals surface area contributed by atoms with Crippen molar-refractivity contribution in [2.45, 2.75) is 37.9 Å². The van der Waals surface area contributed by atoms with Crippen LogP contribution >= 0.6 is 0 Å². The van der Waals surface area contributed by atoms with E-state index >= 15 is 0 Å². The quantitative estimate of drug-likeness (QED) is 0.820. The number of hydrogen-bond acceptors (Lipinski definition) is 3. The van der Waals surface area contributed by atoms with Gasteiger partial charge in [0.25, 0.3) is 5.91 Å². The normalized spacial score (nSPS) is 14.8. The second-order valence-electron chi connectivity index (χ2n) is 5.93. The number of aromatic nitrogens is 4. The van der Waals surface area contributed by atoms with Gasteiger partial charge in [-0.05, 0) is 31.4 Å². The summed E-state index contributed by atoms with van der Waals surface area (Å²) < 4.78 is 41.4. The fourth-order valence-electron chi connectivity index (χ4n) is 2.51. The van der Waals surface area contributed by atoms with E-state index in [1.54, 1.807) is 19.3 Å². The third-order valence-electron chi connectivity index (χ3n) is 3.88. The zero-order valence-corrected chi connectivity index (χ0v) is 13.2. The Morgan fingerprint density at radius 3 is 2.71 bits per heavy atom. The van der Waals surface area contributed by atoms with E-state index in [2.05, 4.69) is 15.5 Å². The Bertz CT molecular complexity index is 730. The van der Waals surface area contributed by atoms with Gasteiger partial charge >= 0.3 is 6.18 Å². The maximum Gasteiger partial charge on any atom is 0.435 e. The van der Waals surface area contributed by atoms with Crippen LogP contribution in [0.3, 0.4) is 0 Å². The Kier molecular flexibility index (Phi) is 4.33. The molecule has 2 heterocycles. The van der Waals surface area contributed by atoms with Gasteiger partial charge in [0, 0.05) is 37.9 Å². The number of aryl methyl sites for hydroxylation is 2. The van der Waals surface area contributed by atoms with Crippen LogP contribution in [0.2, 0.25) is 0 Å². The average molecular weight is 341 g/mol. The van der Waals surface area contributed by atoms with E-state index in [0.717, 1.165) is 18.9 Å². The van der Waals surface area contributed by atoms with Crippen LogP contribution in [0.25, 0.3) is 0 Å². The number of hydrogen-bond donors (Lipinski definition) is 1. The van der Waals surface area contributed by atoms with Crippen LogP contribution < -0.4 is 5.32 Å². The Morgan fingerprint density at radius 1 is 1.38 bits per heavy atom. The molecule has 2 aromatic heterocycles. The summed E-state index contributed by atoms with van der Waals surface area (Å²) in [5.41, 5.74) is 0.106. The number of carbonyl (C=O) groups excluding carboxylic acids is 1. The second kappa shape index (κ2) is 6.29. The van der Waals surface area contributed by atoms with Gasteiger partial charge in [0.15, 0.2) is 5.69 Å². The van der Waals surface area contributed by atoms with Crippen LogP contribution in [0.15, 0.2) is 18.3 Å². The lowest BCUT2D eigenvalue weighted by Gasteiger charge is -2.07. The van der Waals surface area contributed by atoms with E-state index in [0.29, 0.717) is 30.9 Å². The van der Waals surface area contributed by atoms with Crippen molar-refractivity contribution in [1.82, 2.24) is 24.9 Å². The van der Waals surface area contributed by atoms with Crippen molar-refractivity contribution >= 4 is 5.91 Å². The number of halogens is 3. The van der Waals surface area contributed by atoms with Gasteiger partial charge in [0.1, 0.15) is 5.69 Å². The van der Waals surface area contributed by atoms with Crippen molar-refractivity contribution in [3.05, 3.63) is 35.4 Å². The number of nitrogens with zero attached hydrogens (tertiary/aromatic N) is 4. The van der Waals surface area contributed by atoms with Crippen molar-refractivity contribution in [3.8, 4) is 0 Å². The summed E-state index contributed by atoms with van der Waals surface area (Å²) in [6.45, 7) is 0.686. The molecule has 0 bridgehead atoms. The molecule has 3 rings (SSSR count). The van der Waals surface area contributed by atoms with Crippen molar-refractivity contribution < 1.29 is 18.0 Å². The third-order valence-corrected chi connectivity index (χ3v) is 3.88. The van der Waals surface area contributed by atoms with Gasteiger partial charge in [-0.25, -0.2) is 0 Å². The van der Waals surface area contributed by atoms with Crippen molar-refractivity contribution in [2.24, 2.45) is 7.05 Å². The van der Waals surface area contributed by atoms with E-state index in [1.165, 1.54) is 9.36 Å². The first-order chi connectivity index (χ1) is 11.3. The van der Waals surface area contributed by atoms with E-state index in [4.69, 9.17) is 0 Å². The molecule has 0 aliphatic heterocycles. The zero-order chi connectivity index (χ0) is 17.3. The molecule has 0 spiro atoms. The fraction of sp³-hybridized carbons (Fsp3) is 0.533. The maximum absolute atomic E-state index is 12.8. The highest BCUT2D eigenvalue weighted by Gasteiger charge is 2.37. The minimum atomic E-state index is -4.43. The first kappa shape index (κ1) is 16.5. The van der Waals surface area contributed by atoms with Crippen LogP contribution in [0.1, 0.15) is 47.1 Å². The highest BCUT2D eigenvalue weighted by molar-refractivity contribution is 5.92. The molecule has 1 aliphatic carbocycles. The first-order valence-corrected chi connectivity index (χ1v) is 7.77. The molecular weight excluding hydrogens is 323 g/mol. The second-order valence-corrected chi connectivity index (χ2v) is 5.93. The van der Waals surface area contributed by atoms with Gasteiger partial charge < -0.3 is 5.32 Å². The molecule has 0 radical (unpaired) electrons. The van der Waals surface area contributed by atoms with E-state index in [-0.39, 0.29) is 11.8 Å². The van der Waals surface area contributed by atoms with Crippen molar-refractivity contribution in [1.29, 1.82) is 0 Å². The predicted molar refractivity (Wildman–Crippen MR) is 79.4 cm³/mol. The molecule has 1 amide bonds. The number of carbonyl (C=O) groups is 1. The number of nitrogens with one attached hydrogen (secondary N) is 1. The molecule has 24 heavy (non-hydrogen) atoms. The molecule has 0 unspecified atom stereocenters. The number of amides is 1. The molecule has 9 heteroatoms. The summed E-state index contributed by atoms with van der Waals surface area (Å²) in [7, 11) is 1.71. The van der Waals surface area contributed by atoms with Crippen LogP contribution in [-0.2, 0) is 19.8 Å². The molecule has 2 aromatic rings. The van der Waals surface area contributed by atoms with Gasteiger partial charge in [-0.3, -0.25) is 14.2 Å². The first-order valence-electron chi connectivity index (χ1n) is 7.77. The Morgan fingerprint density at radius 2 is 2.12 bits per heavy atom. The lowest BCUT2D eigenvalue weighted by Crippen LogP contribution is -2.26. The highest BCUT2D eigenvalue weighted by Crippen LogP contribution is 2.42. The minimum Gasteiger partial charge on any atom is -0.351 e. The van der Waals surface area contributed by atoms with Gasteiger partial charge in [0.2, 0.25) is 0 Å². The molecule has 0 atom stereocenters. The predicted octanol–water partition coefficient (Wildman–Crippen LogP) is 2.33. The molecule has 130 valence electrons. The minimum absolute atomic E-state index is 0.178. The average Bonchev–Trinajstić information content (AvgIpc) is 3.10. The molecule has 0 aromatic carbocycles. The standard InChI is InChI=1S/C15H18F3N5O/c1-22-8-5-11(20-22)14(24)19-6-2-7-23-12(10-3-4-10)9-13(21-23)15(16,17)18/h5,8-10H,2-4,6-7H2,1H3,(H,19,24). The lowest BCUT2D eigenvalue weighted by atomic mass is 10.2. The highest BCUT2D eigenvalue weighted by atomic mass is 19.4. The number of alkyl halides is 3. The summed E-state index contributed by atoms with van der Waals surface area (Å²) in [5, 5.41) is 10.4.